The molecule has 25 heavy (non-hydrogen) atoms. The average molecular weight is 335 g/mol. The Balaban J connectivity index is 2.15. The lowest BCUT2D eigenvalue weighted by molar-refractivity contribution is -0.130. The topological polar surface area (TPSA) is 58.6 Å². The van der Waals surface area contributed by atoms with Gasteiger partial charge in [0.2, 0.25) is 5.91 Å². The number of nitrogens with one attached hydrogen (secondary N) is 1. The standard InChI is InChI=1S/C21H21NO3/c1-14(25-2)21(24)22-20(16-9-4-3-5-10-16)19-17-11-7-6-8-15(17)12-13-18(19)23/h3-14,20,23H,1-2H3,(H,22,24)/t14-,20-/m1/s1. The highest BCUT2D eigenvalue weighted by molar-refractivity contribution is 5.90. The van der Waals surface area contributed by atoms with E-state index in [9.17, 15) is 9.90 Å². The summed E-state index contributed by atoms with van der Waals surface area (Å²) in [6, 6.07) is 20.5. The molecule has 3 aromatic carbocycles. The van der Waals surface area contributed by atoms with Crippen molar-refractivity contribution in [3.63, 3.8) is 0 Å². The maximum Gasteiger partial charge on any atom is 0.249 e. The quantitative estimate of drug-likeness (QED) is 0.746. The van der Waals surface area contributed by atoms with E-state index >= 15 is 0 Å². The van der Waals surface area contributed by atoms with Crippen LogP contribution in [0.4, 0.5) is 0 Å². The Kier molecular flexibility index (Phi) is 5.00. The summed E-state index contributed by atoms with van der Waals surface area (Å²) in [5.41, 5.74) is 1.58. The molecule has 4 nitrogen and oxygen atoms in total. The zero-order chi connectivity index (χ0) is 17.8. The van der Waals surface area contributed by atoms with Crippen molar-refractivity contribution in [1.29, 1.82) is 0 Å². The second-order valence-corrected chi connectivity index (χ2v) is 5.95. The number of fused-ring (bicyclic) bond motifs is 1. The summed E-state index contributed by atoms with van der Waals surface area (Å²) in [4.78, 5) is 12.5. The van der Waals surface area contributed by atoms with Gasteiger partial charge in [-0.3, -0.25) is 4.79 Å². The highest BCUT2D eigenvalue weighted by Crippen LogP contribution is 2.35. The number of carbonyl (C=O) groups excluding carboxylic acids is 1. The first-order valence-corrected chi connectivity index (χ1v) is 8.20. The van der Waals surface area contributed by atoms with Gasteiger partial charge in [-0.15, -0.1) is 0 Å². The van der Waals surface area contributed by atoms with E-state index in [4.69, 9.17) is 4.74 Å². The Hall–Kier alpha value is -2.85. The van der Waals surface area contributed by atoms with Crippen molar-refractivity contribution in [3.8, 4) is 5.75 Å². The van der Waals surface area contributed by atoms with Crippen LogP contribution in [0.15, 0.2) is 66.7 Å². The fourth-order valence-electron chi connectivity index (χ4n) is 2.92. The Morgan fingerprint density at radius 1 is 1.00 bits per heavy atom. The third kappa shape index (κ3) is 3.49. The van der Waals surface area contributed by atoms with E-state index in [1.807, 2.05) is 60.7 Å². The summed E-state index contributed by atoms with van der Waals surface area (Å²) in [5.74, 6) is -0.0818. The predicted octanol–water partition coefficient (Wildman–Crippen LogP) is 3.79. The van der Waals surface area contributed by atoms with Crippen molar-refractivity contribution in [2.24, 2.45) is 0 Å². The van der Waals surface area contributed by atoms with Crippen molar-refractivity contribution >= 4 is 16.7 Å². The second kappa shape index (κ2) is 7.36. The lowest BCUT2D eigenvalue weighted by Crippen LogP contribution is -2.37. The molecule has 0 aliphatic carbocycles. The summed E-state index contributed by atoms with van der Waals surface area (Å²) in [7, 11) is 1.50. The maximum absolute atomic E-state index is 12.5. The molecule has 0 spiro atoms. The summed E-state index contributed by atoms with van der Waals surface area (Å²) < 4.78 is 5.13. The average Bonchev–Trinajstić information content (AvgIpc) is 2.66. The first-order chi connectivity index (χ1) is 12.1. The van der Waals surface area contributed by atoms with Crippen LogP contribution in [0.2, 0.25) is 0 Å². The van der Waals surface area contributed by atoms with E-state index in [-0.39, 0.29) is 11.7 Å². The minimum absolute atomic E-state index is 0.151. The SMILES string of the molecule is CO[C@H](C)C(=O)N[C@H](c1ccccc1)c1c(O)ccc2ccccc12. The molecule has 0 aromatic heterocycles. The number of methoxy groups -OCH3 is 1. The molecule has 0 saturated heterocycles. The van der Waals surface area contributed by atoms with Crippen LogP contribution in [0.1, 0.15) is 24.1 Å². The van der Waals surface area contributed by atoms with Crippen LogP contribution in [0, 0.1) is 0 Å². The lowest BCUT2D eigenvalue weighted by Gasteiger charge is -2.24. The number of amides is 1. The minimum Gasteiger partial charge on any atom is -0.508 e. The number of carbonyl (C=O) groups is 1. The highest BCUT2D eigenvalue weighted by Gasteiger charge is 2.24. The molecule has 0 bridgehead atoms. The Bertz CT molecular complexity index is 877. The molecular formula is C21H21NO3. The van der Waals surface area contributed by atoms with Gasteiger partial charge in [0.1, 0.15) is 11.9 Å². The molecule has 2 atom stereocenters. The monoisotopic (exact) mass is 335 g/mol. The van der Waals surface area contributed by atoms with Crippen molar-refractivity contribution < 1.29 is 14.6 Å². The Labute approximate surface area is 147 Å². The number of benzene rings is 3. The van der Waals surface area contributed by atoms with E-state index in [1.165, 1.54) is 7.11 Å². The van der Waals surface area contributed by atoms with E-state index in [0.717, 1.165) is 16.3 Å². The number of rotatable bonds is 5. The van der Waals surface area contributed by atoms with Crippen LogP contribution in [-0.4, -0.2) is 24.2 Å². The number of hydrogen-bond acceptors (Lipinski definition) is 3. The largest absolute Gasteiger partial charge is 0.508 e. The number of hydrogen-bond donors (Lipinski definition) is 2. The Morgan fingerprint density at radius 3 is 2.40 bits per heavy atom. The van der Waals surface area contributed by atoms with Crippen molar-refractivity contribution in [3.05, 3.63) is 77.9 Å². The van der Waals surface area contributed by atoms with Gasteiger partial charge in [-0.25, -0.2) is 0 Å². The molecule has 4 heteroatoms. The predicted molar refractivity (Wildman–Crippen MR) is 98.5 cm³/mol. The van der Waals surface area contributed by atoms with E-state index in [2.05, 4.69) is 5.32 Å². The van der Waals surface area contributed by atoms with Crippen molar-refractivity contribution in [1.82, 2.24) is 5.32 Å². The summed E-state index contributed by atoms with van der Waals surface area (Å²) >= 11 is 0. The molecule has 3 aromatic rings. The van der Waals surface area contributed by atoms with E-state index < -0.39 is 12.1 Å². The highest BCUT2D eigenvalue weighted by atomic mass is 16.5. The van der Waals surface area contributed by atoms with Crippen LogP contribution in [0.5, 0.6) is 5.75 Å². The van der Waals surface area contributed by atoms with Gasteiger partial charge in [0, 0.05) is 12.7 Å². The molecular weight excluding hydrogens is 314 g/mol. The first kappa shape index (κ1) is 17.0. The third-order valence-corrected chi connectivity index (χ3v) is 4.38. The molecule has 3 rings (SSSR count). The molecule has 0 aliphatic heterocycles. The van der Waals surface area contributed by atoms with Gasteiger partial charge in [-0.1, -0.05) is 60.7 Å². The van der Waals surface area contributed by atoms with E-state index in [0.29, 0.717) is 5.56 Å². The fraction of sp³-hybridized carbons (Fsp3) is 0.190. The molecule has 0 fully saturated rings. The molecule has 0 aliphatic rings. The Morgan fingerprint density at radius 2 is 1.68 bits per heavy atom. The lowest BCUT2D eigenvalue weighted by atomic mass is 9.92. The van der Waals surface area contributed by atoms with Crippen LogP contribution < -0.4 is 5.32 Å². The minimum atomic E-state index is -0.580. The van der Waals surface area contributed by atoms with Gasteiger partial charge in [-0.2, -0.15) is 0 Å². The normalized spacial score (nSPS) is 13.4. The molecule has 1 amide bonds. The zero-order valence-electron chi connectivity index (χ0n) is 14.3. The second-order valence-electron chi connectivity index (χ2n) is 5.95. The van der Waals surface area contributed by atoms with Crippen LogP contribution in [-0.2, 0) is 9.53 Å². The summed E-state index contributed by atoms with van der Waals surface area (Å²) in [6.45, 7) is 1.69. The van der Waals surface area contributed by atoms with Gasteiger partial charge >= 0.3 is 0 Å². The summed E-state index contributed by atoms with van der Waals surface area (Å²) in [6.07, 6.45) is -0.580. The number of phenols is 1. The van der Waals surface area contributed by atoms with Crippen LogP contribution in [0.25, 0.3) is 10.8 Å². The zero-order valence-corrected chi connectivity index (χ0v) is 14.3. The molecule has 128 valence electrons. The van der Waals surface area contributed by atoms with Crippen LogP contribution in [0.3, 0.4) is 0 Å². The first-order valence-electron chi connectivity index (χ1n) is 8.20. The van der Waals surface area contributed by atoms with E-state index in [1.54, 1.807) is 13.0 Å². The van der Waals surface area contributed by atoms with Crippen LogP contribution >= 0.6 is 0 Å². The molecule has 0 heterocycles. The van der Waals surface area contributed by atoms with Gasteiger partial charge in [0.05, 0.1) is 6.04 Å². The van der Waals surface area contributed by atoms with Crippen molar-refractivity contribution in [2.45, 2.75) is 19.1 Å². The molecule has 0 unspecified atom stereocenters. The van der Waals surface area contributed by atoms with Gasteiger partial charge in [0.15, 0.2) is 0 Å². The van der Waals surface area contributed by atoms with Gasteiger partial charge in [-0.05, 0) is 29.3 Å². The maximum atomic E-state index is 12.5. The molecule has 2 N–H and O–H groups in total. The molecule has 0 saturated carbocycles. The smallest absolute Gasteiger partial charge is 0.249 e. The third-order valence-electron chi connectivity index (χ3n) is 4.38. The number of phenolic OH excluding ortho intramolecular Hbond substituents is 1. The van der Waals surface area contributed by atoms with Gasteiger partial charge in [0.25, 0.3) is 0 Å². The fourth-order valence-corrected chi connectivity index (χ4v) is 2.92. The summed E-state index contributed by atoms with van der Waals surface area (Å²) in [5, 5.41) is 15.5. The van der Waals surface area contributed by atoms with Crippen molar-refractivity contribution in [2.75, 3.05) is 7.11 Å². The number of aromatic hydroxyl groups is 1. The van der Waals surface area contributed by atoms with Gasteiger partial charge < -0.3 is 15.2 Å². The number of ether oxygens (including phenoxy) is 1. The molecule has 0 radical (unpaired) electrons.